The van der Waals surface area contributed by atoms with E-state index in [1.54, 1.807) is 0 Å². The largest absolute Gasteiger partial charge is 0.338 e. The van der Waals surface area contributed by atoms with Crippen molar-refractivity contribution in [1.29, 1.82) is 0 Å². The molecule has 0 atom stereocenters. The van der Waals surface area contributed by atoms with Gasteiger partial charge in [-0.25, -0.2) is 4.79 Å². The molecule has 0 aromatic carbocycles. The third-order valence-corrected chi connectivity index (χ3v) is 3.48. The van der Waals surface area contributed by atoms with E-state index in [0.717, 1.165) is 64.2 Å². The number of likely N-dealkylation sites (tertiary alicyclic amines) is 1. The third-order valence-electron chi connectivity index (χ3n) is 3.48. The second-order valence-corrected chi connectivity index (χ2v) is 5.10. The van der Waals surface area contributed by atoms with E-state index in [1.165, 1.54) is 6.42 Å². The third kappa shape index (κ3) is 5.91. The molecule has 1 fully saturated rings. The summed E-state index contributed by atoms with van der Waals surface area (Å²) in [4.78, 5) is 13.7. The van der Waals surface area contributed by atoms with E-state index in [1.807, 2.05) is 4.90 Å². The summed E-state index contributed by atoms with van der Waals surface area (Å²) < 4.78 is 0. The van der Waals surface area contributed by atoms with E-state index in [9.17, 15) is 4.79 Å². The van der Waals surface area contributed by atoms with Gasteiger partial charge in [0, 0.05) is 19.6 Å². The van der Waals surface area contributed by atoms with E-state index in [2.05, 4.69) is 12.2 Å². The molecule has 2 amide bonds. The predicted octanol–water partition coefficient (Wildman–Crippen LogP) is 1.95. The van der Waals surface area contributed by atoms with Crippen molar-refractivity contribution >= 4 is 6.03 Å². The molecular formula is C13H27N3O. The summed E-state index contributed by atoms with van der Waals surface area (Å²) in [5.41, 5.74) is 5.42. The highest BCUT2D eigenvalue weighted by atomic mass is 16.2. The number of urea groups is 1. The molecule has 1 saturated heterocycles. The van der Waals surface area contributed by atoms with Gasteiger partial charge in [-0.15, -0.1) is 0 Å². The first-order valence-electron chi connectivity index (χ1n) is 6.97. The van der Waals surface area contributed by atoms with Gasteiger partial charge in [-0.1, -0.05) is 19.8 Å². The summed E-state index contributed by atoms with van der Waals surface area (Å²) in [5.74, 6) is 0.773. The normalized spacial score (nSPS) is 17.2. The Hall–Kier alpha value is -0.770. The Morgan fingerprint density at radius 3 is 2.53 bits per heavy atom. The maximum Gasteiger partial charge on any atom is 0.317 e. The van der Waals surface area contributed by atoms with Crippen LogP contribution in [0.5, 0.6) is 0 Å². The first kappa shape index (κ1) is 14.3. The number of piperidine rings is 1. The van der Waals surface area contributed by atoms with Gasteiger partial charge in [0.05, 0.1) is 0 Å². The summed E-state index contributed by atoms with van der Waals surface area (Å²) in [7, 11) is 0. The molecule has 0 aromatic heterocycles. The zero-order valence-electron chi connectivity index (χ0n) is 11.1. The lowest BCUT2D eigenvalue weighted by atomic mass is 10.00. The van der Waals surface area contributed by atoms with Crippen LogP contribution >= 0.6 is 0 Å². The van der Waals surface area contributed by atoms with Crippen LogP contribution in [0, 0.1) is 5.92 Å². The van der Waals surface area contributed by atoms with Crippen LogP contribution in [0.3, 0.4) is 0 Å². The Kier molecular flexibility index (Phi) is 7.01. The SMILES string of the molecule is CC1CCN(C(=O)NCCCCCCN)CC1. The summed E-state index contributed by atoms with van der Waals surface area (Å²) in [6, 6.07) is 0.121. The van der Waals surface area contributed by atoms with Crippen LogP contribution in [-0.2, 0) is 0 Å². The Bertz CT molecular complexity index is 213. The summed E-state index contributed by atoms with van der Waals surface area (Å²) in [6.07, 6.45) is 6.78. The number of amides is 2. The molecule has 0 spiro atoms. The van der Waals surface area contributed by atoms with Gasteiger partial charge >= 0.3 is 6.03 Å². The number of nitrogens with one attached hydrogen (secondary N) is 1. The number of hydrogen-bond acceptors (Lipinski definition) is 2. The molecule has 1 heterocycles. The van der Waals surface area contributed by atoms with Crippen molar-refractivity contribution in [3.8, 4) is 0 Å². The standard InChI is InChI=1S/C13H27N3O/c1-12-6-10-16(11-7-12)13(17)15-9-5-3-2-4-8-14/h12H,2-11,14H2,1H3,(H,15,17). The lowest BCUT2D eigenvalue weighted by Gasteiger charge is -2.30. The molecule has 0 radical (unpaired) electrons. The van der Waals surface area contributed by atoms with Crippen LogP contribution in [0.1, 0.15) is 45.4 Å². The topological polar surface area (TPSA) is 58.4 Å². The van der Waals surface area contributed by atoms with E-state index in [0.29, 0.717) is 0 Å². The minimum Gasteiger partial charge on any atom is -0.338 e. The monoisotopic (exact) mass is 241 g/mol. The highest BCUT2D eigenvalue weighted by Gasteiger charge is 2.19. The van der Waals surface area contributed by atoms with Gasteiger partial charge in [0.25, 0.3) is 0 Å². The molecule has 3 N–H and O–H groups in total. The van der Waals surface area contributed by atoms with E-state index >= 15 is 0 Å². The first-order chi connectivity index (χ1) is 8.24. The number of carbonyl (C=O) groups excluding carboxylic acids is 1. The first-order valence-corrected chi connectivity index (χ1v) is 6.97. The van der Waals surface area contributed by atoms with Crippen molar-refractivity contribution in [1.82, 2.24) is 10.2 Å². The fourth-order valence-electron chi connectivity index (χ4n) is 2.14. The molecule has 1 aliphatic rings. The second-order valence-electron chi connectivity index (χ2n) is 5.10. The lowest BCUT2D eigenvalue weighted by Crippen LogP contribution is -2.44. The second kappa shape index (κ2) is 8.34. The Morgan fingerprint density at radius 2 is 1.88 bits per heavy atom. The number of nitrogens with zero attached hydrogens (tertiary/aromatic N) is 1. The van der Waals surface area contributed by atoms with Crippen molar-refractivity contribution in [3.63, 3.8) is 0 Å². The molecule has 0 aromatic rings. The molecule has 0 saturated carbocycles. The summed E-state index contributed by atoms with van der Waals surface area (Å²) in [5, 5.41) is 3.00. The van der Waals surface area contributed by atoms with Crippen LogP contribution in [0.25, 0.3) is 0 Å². The van der Waals surface area contributed by atoms with E-state index < -0.39 is 0 Å². The fraction of sp³-hybridized carbons (Fsp3) is 0.923. The molecule has 1 rings (SSSR count). The van der Waals surface area contributed by atoms with Crippen molar-refractivity contribution in [3.05, 3.63) is 0 Å². The van der Waals surface area contributed by atoms with Gasteiger partial charge in [-0.2, -0.15) is 0 Å². The van der Waals surface area contributed by atoms with E-state index in [4.69, 9.17) is 5.73 Å². The van der Waals surface area contributed by atoms with Crippen LogP contribution in [0.15, 0.2) is 0 Å². The molecule has 4 heteroatoms. The summed E-state index contributed by atoms with van der Waals surface area (Å²) in [6.45, 7) is 5.67. The highest BCUT2D eigenvalue weighted by molar-refractivity contribution is 5.74. The number of rotatable bonds is 6. The van der Waals surface area contributed by atoms with Gasteiger partial charge in [0.15, 0.2) is 0 Å². The van der Waals surface area contributed by atoms with Gasteiger partial charge < -0.3 is 16.0 Å². The van der Waals surface area contributed by atoms with Crippen LogP contribution in [0.4, 0.5) is 4.79 Å². The lowest BCUT2D eigenvalue weighted by molar-refractivity contribution is 0.174. The maximum absolute atomic E-state index is 11.8. The van der Waals surface area contributed by atoms with Crippen molar-refractivity contribution in [2.75, 3.05) is 26.2 Å². The number of nitrogens with two attached hydrogens (primary N) is 1. The molecule has 1 aliphatic heterocycles. The van der Waals surface area contributed by atoms with Crippen LogP contribution < -0.4 is 11.1 Å². The predicted molar refractivity (Wildman–Crippen MR) is 70.9 cm³/mol. The number of carbonyl (C=O) groups is 1. The smallest absolute Gasteiger partial charge is 0.317 e. The molecular weight excluding hydrogens is 214 g/mol. The minimum absolute atomic E-state index is 0.121. The Morgan fingerprint density at radius 1 is 1.24 bits per heavy atom. The van der Waals surface area contributed by atoms with Crippen molar-refractivity contribution in [2.24, 2.45) is 11.7 Å². The number of hydrogen-bond donors (Lipinski definition) is 2. The zero-order chi connectivity index (χ0) is 12.5. The molecule has 100 valence electrons. The van der Waals surface area contributed by atoms with Crippen LogP contribution in [-0.4, -0.2) is 37.1 Å². The molecule has 4 nitrogen and oxygen atoms in total. The number of unbranched alkanes of at least 4 members (excludes halogenated alkanes) is 3. The fourth-order valence-corrected chi connectivity index (χ4v) is 2.14. The maximum atomic E-state index is 11.8. The average Bonchev–Trinajstić information content (AvgIpc) is 2.34. The Balaban J connectivity index is 2.01. The molecule has 17 heavy (non-hydrogen) atoms. The minimum atomic E-state index is 0.121. The van der Waals surface area contributed by atoms with Gasteiger partial charge in [0.2, 0.25) is 0 Å². The highest BCUT2D eigenvalue weighted by Crippen LogP contribution is 2.15. The molecule has 0 aliphatic carbocycles. The van der Waals surface area contributed by atoms with Crippen LogP contribution in [0.2, 0.25) is 0 Å². The average molecular weight is 241 g/mol. The van der Waals surface area contributed by atoms with Crippen molar-refractivity contribution in [2.45, 2.75) is 45.4 Å². The zero-order valence-corrected chi connectivity index (χ0v) is 11.1. The van der Waals surface area contributed by atoms with Gasteiger partial charge in [-0.3, -0.25) is 0 Å². The summed E-state index contributed by atoms with van der Waals surface area (Å²) >= 11 is 0. The van der Waals surface area contributed by atoms with E-state index in [-0.39, 0.29) is 6.03 Å². The molecule has 0 bridgehead atoms. The van der Waals surface area contributed by atoms with Gasteiger partial charge in [-0.05, 0) is 38.1 Å². The molecule has 0 unspecified atom stereocenters. The Labute approximate surface area is 105 Å². The van der Waals surface area contributed by atoms with Gasteiger partial charge in [0.1, 0.15) is 0 Å². The quantitative estimate of drug-likeness (QED) is 0.698. The van der Waals surface area contributed by atoms with Crippen molar-refractivity contribution < 1.29 is 4.79 Å².